The van der Waals surface area contributed by atoms with E-state index in [-0.39, 0.29) is 22.7 Å². The van der Waals surface area contributed by atoms with E-state index in [1.54, 1.807) is 0 Å². The molecule has 0 bridgehead atoms. The van der Waals surface area contributed by atoms with Gasteiger partial charge in [-0.05, 0) is 43.0 Å². The van der Waals surface area contributed by atoms with Crippen LogP contribution in [0.15, 0.2) is 46.2 Å². The Morgan fingerprint density at radius 3 is 2.32 bits per heavy atom. The topological polar surface area (TPSA) is 67.9 Å². The molecule has 9 heteroatoms. The number of hydrogen-bond acceptors (Lipinski definition) is 4. The first-order chi connectivity index (χ1) is 13.0. The van der Waals surface area contributed by atoms with Crippen LogP contribution in [-0.2, 0) is 15.1 Å². The van der Waals surface area contributed by atoms with E-state index in [2.05, 4.69) is 9.73 Å². The van der Waals surface area contributed by atoms with Gasteiger partial charge in [0.05, 0.1) is 0 Å². The quantitative estimate of drug-likeness (QED) is 0.361. The third-order valence-electron chi connectivity index (χ3n) is 4.22. The van der Waals surface area contributed by atoms with Gasteiger partial charge in [0.15, 0.2) is 17.3 Å². The minimum Gasteiger partial charge on any atom is -0.426 e. The number of nitrogens with zero attached hydrogens (tertiary/aromatic N) is 2. The van der Waals surface area contributed by atoms with Crippen molar-refractivity contribution in [2.24, 2.45) is 10.7 Å². The fourth-order valence-electron chi connectivity index (χ4n) is 2.90. The van der Waals surface area contributed by atoms with Crippen LogP contribution in [0.3, 0.4) is 0 Å². The summed E-state index contributed by atoms with van der Waals surface area (Å²) in [7, 11) is 1.35. The van der Waals surface area contributed by atoms with Crippen molar-refractivity contribution in [3.63, 3.8) is 0 Å². The normalized spacial score (nSPS) is 20.8. The van der Waals surface area contributed by atoms with Gasteiger partial charge in [-0.25, -0.2) is 13.8 Å². The number of allylic oxidation sites excluding steroid dienone is 3. The molecule has 1 unspecified atom stereocenters. The molecule has 0 saturated carbocycles. The van der Waals surface area contributed by atoms with Crippen LogP contribution >= 0.6 is 0 Å². The van der Waals surface area contributed by atoms with Gasteiger partial charge in [-0.3, -0.25) is 9.69 Å². The molecule has 148 valence electrons. The molecule has 28 heavy (non-hydrogen) atoms. The Labute approximate surface area is 159 Å². The minimum absolute atomic E-state index is 0.0904. The SMILES string of the molecule is C#CC(OC(F)F)=C(C)C=C(C)C1(c2cc(F)cc(F)c2)N=C(N)N(C)C1=O. The first kappa shape index (κ1) is 21.0. The monoisotopic (exact) mass is 395 g/mol. The zero-order valence-electron chi connectivity index (χ0n) is 15.3. The van der Waals surface area contributed by atoms with E-state index in [0.717, 1.165) is 17.0 Å². The van der Waals surface area contributed by atoms with Gasteiger partial charge in [0, 0.05) is 18.7 Å². The Balaban J connectivity index is 2.73. The molecule has 2 rings (SSSR count). The standard InChI is InChI=1S/C19H17F4N3O2/c1-5-15(28-17(22)23)10(2)6-11(3)19(16(27)26(4)18(24)25-19)12-7-13(20)9-14(21)8-12/h1,6-9,17H,2-4H3,(H2,24,25). The summed E-state index contributed by atoms with van der Waals surface area (Å²) in [6.07, 6.45) is 6.47. The zero-order valence-corrected chi connectivity index (χ0v) is 15.3. The van der Waals surface area contributed by atoms with Crippen molar-refractivity contribution >= 4 is 11.9 Å². The molecule has 1 heterocycles. The minimum atomic E-state index is -3.14. The number of likely N-dealkylation sites (N-methyl/N-ethyl adjacent to an activating group) is 1. The predicted molar refractivity (Wildman–Crippen MR) is 94.8 cm³/mol. The largest absolute Gasteiger partial charge is 0.426 e. The number of alkyl halides is 2. The van der Waals surface area contributed by atoms with Crippen molar-refractivity contribution in [3.05, 3.63) is 58.4 Å². The lowest BCUT2D eigenvalue weighted by atomic mass is 9.82. The molecule has 1 atom stereocenters. The lowest BCUT2D eigenvalue weighted by Crippen LogP contribution is -2.41. The molecule has 0 aromatic heterocycles. The number of benzene rings is 1. The van der Waals surface area contributed by atoms with E-state index in [4.69, 9.17) is 12.2 Å². The van der Waals surface area contributed by atoms with Gasteiger partial charge < -0.3 is 10.5 Å². The van der Waals surface area contributed by atoms with Crippen LogP contribution in [-0.4, -0.2) is 30.4 Å². The van der Waals surface area contributed by atoms with Crippen molar-refractivity contribution in [2.45, 2.75) is 26.0 Å². The van der Waals surface area contributed by atoms with E-state index in [1.807, 2.05) is 5.92 Å². The number of amides is 1. The molecule has 1 aromatic rings. The summed E-state index contributed by atoms with van der Waals surface area (Å²) >= 11 is 0. The molecule has 0 fully saturated rings. The highest BCUT2D eigenvalue weighted by molar-refractivity contribution is 6.08. The van der Waals surface area contributed by atoms with E-state index < -0.39 is 35.5 Å². The highest BCUT2D eigenvalue weighted by Crippen LogP contribution is 2.40. The Kier molecular flexibility index (Phi) is 5.83. The number of guanidine groups is 1. The highest BCUT2D eigenvalue weighted by Gasteiger charge is 2.49. The highest BCUT2D eigenvalue weighted by atomic mass is 19.3. The van der Waals surface area contributed by atoms with Crippen LogP contribution in [0.5, 0.6) is 0 Å². The van der Waals surface area contributed by atoms with Crippen molar-refractivity contribution in [1.29, 1.82) is 0 Å². The first-order valence-electron chi connectivity index (χ1n) is 7.94. The molecule has 0 aliphatic carbocycles. The molecular formula is C19H17F4N3O2. The number of carbonyl (C=O) groups excluding carboxylic acids is 1. The van der Waals surface area contributed by atoms with Crippen molar-refractivity contribution in [3.8, 4) is 12.3 Å². The Morgan fingerprint density at radius 2 is 1.89 bits per heavy atom. The summed E-state index contributed by atoms with van der Waals surface area (Å²) in [5.74, 6) is -1.16. The van der Waals surface area contributed by atoms with Gasteiger partial charge in [-0.1, -0.05) is 6.08 Å². The lowest BCUT2D eigenvalue weighted by Gasteiger charge is -2.27. The number of hydrogen-bond donors (Lipinski definition) is 1. The summed E-state index contributed by atoms with van der Waals surface area (Å²) in [6, 6.07) is 2.54. The molecule has 1 aromatic carbocycles. The van der Waals surface area contributed by atoms with E-state index in [1.165, 1.54) is 27.0 Å². The Bertz CT molecular complexity index is 927. The van der Waals surface area contributed by atoms with E-state index >= 15 is 0 Å². The van der Waals surface area contributed by atoms with Crippen molar-refractivity contribution < 1.29 is 27.1 Å². The van der Waals surface area contributed by atoms with E-state index in [0.29, 0.717) is 6.07 Å². The molecule has 0 radical (unpaired) electrons. The molecule has 5 nitrogen and oxygen atoms in total. The number of nitrogens with two attached hydrogens (primary N) is 1. The second-order valence-corrected chi connectivity index (χ2v) is 6.07. The molecule has 0 saturated heterocycles. The van der Waals surface area contributed by atoms with Crippen LogP contribution in [0.25, 0.3) is 0 Å². The van der Waals surface area contributed by atoms with Crippen LogP contribution in [0.1, 0.15) is 19.4 Å². The fraction of sp³-hybridized carbons (Fsp3) is 0.263. The Hall–Kier alpha value is -3.28. The smallest absolute Gasteiger partial charge is 0.388 e. The molecule has 1 amide bonds. The molecular weight excluding hydrogens is 378 g/mol. The summed E-state index contributed by atoms with van der Waals surface area (Å²) in [4.78, 5) is 18.1. The number of carbonyl (C=O) groups is 1. The summed E-state index contributed by atoms with van der Waals surface area (Å²) in [5.41, 5.74) is 4.00. The van der Waals surface area contributed by atoms with Gasteiger partial charge in [0.1, 0.15) is 11.6 Å². The molecule has 1 aliphatic heterocycles. The molecule has 0 spiro atoms. The third-order valence-corrected chi connectivity index (χ3v) is 4.22. The average molecular weight is 395 g/mol. The second kappa shape index (κ2) is 7.76. The van der Waals surface area contributed by atoms with Gasteiger partial charge in [-0.2, -0.15) is 8.78 Å². The second-order valence-electron chi connectivity index (χ2n) is 6.07. The molecule has 2 N–H and O–H groups in total. The number of terminal acetylenes is 1. The van der Waals surface area contributed by atoms with Crippen LogP contribution < -0.4 is 5.73 Å². The number of halogens is 4. The van der Waals surface area contributed by atoms with E-state index in [9.17, 15) is 22.4 Å². The van der Waals surface area contributed by atoms with Gasteiger partial charge in [-0.15, -0.1) is 6.42 Å². The van der Waals surface area contributed by atoms with Crippen molar-refractivity contribution in [1.82, 2.24) is 4.90 Å². The summed E-state index contributed by atoms with van der Waals surface area (Å²) in [6.45, 7) is -0.317. The third kappa shape index (κ3) is 3.71. The summed E-state index contributed by atoms with van der Waals surface area (Å²) < 4.78 is 56.9. The van der Waals surface area contributed by atoms with Gasteiger partial charge in [0.25, 0.3) is 5.91 Å². The number of ether oxygens (including phenoxy) is 1. The predicted octanol–water partition coefficient (Wildman–Crippen LogP) is 3.04. The molecule has 1 aliphatic rings. The average Bonchev–Trinajstić information content (AvgIpc) is 2.83. The van der Waals surface area contributed by atoms with Gasteiger partial charge >= 0.3 is 6.61 Å². The maximum atomic E-state index is 13.8. The van der Waals surface area contributed by atoms with Crippen LogP contribution in [0.2, 0.25) is 0 Å². The number of aliphatic imine (C=N–C) groups is 1. The lowest BCUT2D eigenvalue weighted by molar-refractivity contribution is -0.129. The maximum absolute atomic E-state index is 13.8. The van der Waals surface area contributed by atoms with Gasteiger partial charge in [0.2, 0.25) is 0 Å². The summed E-state index contributed by atoms with van der Waals surface area (Å²) in [5, 5.41) is 0. The van der Waals surface area contributed by atoms with Crippen molar-refractivity contribution in [2.75, 3.05) is 7.05 Å². The first-order valence-corrected chi connectivity index (χ1v) is 7.94. The van der Waals surface area contributed by atoms with Crippen LogP contribution in [0.4, 0.5) is 17.6 Å². The zero-order chi connectivity index (χ0) is 21.2. The maximum Gasteiger partial charge on any atom is 0.388 e. The fourth-order valence-corrected chi connectivity index (χ4v) is 2.90. The Morgan fingerprint density at radius 1 is 1.32 bits per heavy atom. The number of rotatable bonds is 5. The van der Waals surface area contributed by atoms with Crippen LogP contribution in [0, 0.1) is 24.0 Å².